The highest BCUT2D eigenvalue weighted by molar-refractivity contribution is 5.85. The van der Waals surface area contributed by atoms with E-state index in [1.165, 1.54) is 23.1 Å². The van der Waals surface area contributed by atoms with Crippen LogP contribution in [-0.2, 0) is 17.6 Å². The van der Waals surface area contributed by atoms with E-state index in [2.05, 4.69) is 51.3 Å². The fourth-order valence-electron chi connectivity index (χ4n) is 4.81. The number of nitrogens with one attached hydrogen (secondary N) is 2. The molecule has 1 aromatic carbocycles. The number of pyridine rings is 1. The Kier molecular flexibility index (Phi) is 4.77. The molecule has 2 N–H and O–H groups in total. The number of morpholine rings is 1. The molecule has 0 saturated carbocycles. The van der Waals surface area contributed by atoms with Crippen molar-refractivity contribution >= 4 is 39.7 Å². The van der Waals surface area contributed by atoms with Crippen LogP contribution in [0, 0.1) is 0 Å². The molecule has 166 valence electrons. The summed E-state index contributed by atoms with van der Waals surface area (Å²) in [5, 5.41) is 4.66. The van der Waals surface area contributed by atoms with E-state index in [-0.39, 0.29) is 0 Å². The Bertz CT molecular complexity index is 1270. The molecule has 3 aromatic heterocycles. The van der Waals surface area contributed by atoms with Crippen LogP contribution in [0.1, 0.15) is 17.7 Å². The number of aromatic amines is 1. The van der Waals surface area contributed by atoms with Gasteiger partial charge in [-0.25, -0.2) is 4.98 Å². The smallest absolute Gasteiger partial charge is 0.298 e. The number of aryl methyl sites for hydroxylation is 1. The highest BCUT2D eigenvalue weighted by Gasteiger charge is 2.24. The number of benzene rings is 1. The maximum Gasteiger partial charge on any atom is 0.298 e. The molecule has 4 aromatic rings. The van der Waals surface area contributed by atoms with Gasteiger partial charge in [-0.05, 0) is 63.2 Å². The van der Waals surface area contributed by atoms with E-state index in [9.17, 15) is 0 Å². The van der Waals surface area contributed by atoms with E-state index in [1.807, 2.05) is 18.2 Å². The first-order valence-corrected chi connectivity index (χ1v) is 11.3. The van der Waals surface area contributed by atoms with Gasteiger partial charge in [0.1, 0.15) is 17.0 Å². The number of rotatable bonds is 4. The van der Waals surface area contributed by atoms with Gasteiger partial charge in [0.05, 0.1) is 13.2 Å². The Hall–Kier alpha value is -3.10. The molecule has 0 bridgehead atoms. The van der Waals surface area contributed by atoms with Gasteiger partial charge in [-0.15, -0.1) is 0 Å². The molecule has 1 saturated heterocycles. The Balaban J connectivity index is 1.25. The molecule has 1 unspecified atom stereocenters. The molecule has 1 aliphatic heterocycles. The Morgan fingerprint density at radius 3 is 2.84 bits per heavy atom. The van der Waals surface area contributed by atoms with E-state index < -0.39 is 0 Å². The SMILES string of the molecule is CN(C)C1CCc2[nH]c3nc(Nc4ccc5nc(N6CCOCC6)oc5c4)ccc3c2C1. The molecule has 32 heavy (non-hydrogen) atoms. The van der Waals surface area contributed by atoms with Gasteiger partial charge in [0, 0.05) is 42.0 Å². The van der Waals surface area contributed by atoms with Crippen LogP contribution in [0.4, 0.5) is 17.5 Å². The first kappa shape index (κ1) is 19.6. The van der Waals surface area contributed by atoms with Crippen LogP contribution < -0.4 is 10.2 Å². The summed E-state index contributed by atoms with van der Waals surface area (Å²) in [6, 6.07) is 11.5. The quantitative estimate of drug-likeness (QED) is 0.509. The van der Waals surface area contributed by atoms with E-state index in [0.29, 0.717) is 25.3 Å². The number of fused-ring (bicyclic) bond motifs is 4. The normalized spacial score (nSPS) is 19.1. The minimum Gasteiger partial charge on any atom is -0.423 e. The zero-order chi connectivity index (χ0) is 21.7. The highest BCUT2D eigenvalue weighted by atomic mass is 16.5. The monoisotopic (exact) mass is 432 g/mol. The van der Waals surface area contributed by atoms with Crippen molar-refractivity contribution < 1.29 is 9.15 Å². The maximum atomic E-state index is 6.03. The largest absolute Gasteiger partial charge is 0.423 e. The first-order valence-electron chi connectivity index (χ1n) is 11.3. The second-order valence-electron chi connectivity index (χ2n) is 8.94. The van der Waals surface area contributed by atoms with Crippen LogP contribution in [-0.4, -0.2) is 66.3 Å². The van der Waals surface area contributed by atoms with Gasteiger partial charge in [0.25, 0.3) is 6.01 Å². The van der Waals surface area contributed by atoms with Crippen LogP contribution in [0.25, 0.3) is 22.1 Å². The van der Waals surface area contributed by atoms with Crippen molar-refractivity contribution in [1.82, 2.24) is 19.9 Å². The third kappa shape index (κ3) is 3.49. The standard InChI is InChI=1S/C24H28N6O2/c1-29(2)16-4-7-19-18(14-16)17-5-8-22(28-23(17)26-19)25-15-3-6-20-21(13-15)32-24(27-20)30-9-11-31-12-10-30/h3,5-6,8,13,16H,4,7,9-12,14H2,1-2H3,(H2,25,26,28). The van der Waals surface area contributed by atoms with E-state index >= 15 is 0 Å². The molecule has 4 heterocycles. The molecule has 6 rings (SSSR count). The number of oxazole rings is 1. The van der Waals surface area contributed by atoms with Crippen molar-refractivity contribution in [2.45, 2.75) is 25.3 Å². The molecule has 1 atom stereocenters. The predicted molar refractivity (Wildman–Crippen MR) is 126 cm³/mol. The number of ether oxygens (including phenoxy) is 1. The minimum absolute atomic E-state index is 0.593. The van der Waals surface area contributed by atoms with Gasteiger partial charge in [-0.2, -0.15) is 4.98 Å². The molecule has 0 radical (unpaired) electrons. The van der Waals surface area contributed by atoms with Gasteiger partial charge in [0.15, 0.2) is 5.58 Å². The van der Waals surface area contributed by atoms with Crippen molar-refractivity contribution in [3.8, 4) is 0 Å². The lowest BCUT2D eigenvalue weighted by Gasteiger charge is -2.28. The van der Waals surface area contributed by atoms with Crippen LogP contribution in [0.5, 0.6) is 0 Å². The van der Waals surface area contributed by atoms with Crippen LogP contribution in [0.3, 0.4) is 0 Å². The van der Waals surface area contributed by atoms with Crippen molar-refractivity contribution in [3.05, 3.63) is 41.6 Å². The van der Waals surface area contributed by atoms with Crippen molar-refractivity contribution in [1.29, 1.82) is 0 Å². The summed E-state index contributed by atoms with van der Waals surface area (Å²) in [4.78, 5) is 17.5. The molecule has 1 aliphatic carbocycles. The minimum atomic E-state index is 0.593. The summed E-state index contributed by atoms with van der Waals surface area (Å²) < 4.78 is 11.5. The Morgan fingerprint density at radius 2 is 2.00 bits per heavy atom. The van der Waals surface area contributed by atoms with E-state index in [1.54, 1.807) is 0 Å². The lowest BCUT2D eigenvalue weighted by Crippen LogP contribution is -2.36. The third-order valence-electron chi connectivity index (χ3n) is 6.68. The summed E-state index contributed by atoms with van der Waals surface area (Å²) in [6.45, 7) is 3.02. The highest BCUT2D eigenvalue weighted by Crippen LogP contribution is 2.31. The van der Waals surface area contributed by atoms with Gasteiger partial charge in [-0.1, -0.05) is 0 Å². The van der Waals surface area contributed by atoms with Crippen molar-refractivity contribution in [2.75, 3.05) is 50.6 Å². The van der Waals surface area contributed by atoms with Crippen LogP contribution in [0.15, 0.2) is 34.7 Å². The van der Waals surface area contributed by atoms with Crippen LogP contribution >= 0.6 is 0 Å². The number of nitrogens with zero attached hydrogens (tertiary/aromatic N) is 4. The molecule has 0 amide bonds. The fraction of sp³-hybridized carbons (Fsp3) is 0.417. The summed E-state index contributed by atoms with van der Waals surface area (Å²) in [7, 11) is 4.33. The average Bonchev–Trinajstić information content (AvgIpc) is 3.39. The van der Waals surface area contributed by atoms with Gasteiger partial charge >= 0.3 is 0 Å². The average molecular weight is 433 g/mol. The number of hydrogen-bond acceptors (Lipinski definition) is 7. The molecule has 1 fully saturated rings. The lowest BCUT2D eigenvalue weighted by atomic mass is 9.91. The molecule has 0 spiro atoms. The Morgan fingerprint density at radius 1 is 1.12 bits per heavy atom. The number of aromatic nitrogens is 3. The molecular formula is C24H28N6O2. The first-order chi connectivity index (χ1) is 15.6. The molecule has 2 aliphatic rings. The van der Waals surface area contributed by atoms with E-state index in [0.717, 1.165) is 54.2 Å². The zero-order valence-electron chi connectivity index (χ0n) is 18.5. The third-order valence-corrected chi connectivity index (χ3v) is 6.68. The number of hydrogen-bond donors (Lipinski definition) is 2. The number of likely N-dealkylation sites (N-methyl/N-ethyl adjacent to an activating group) is 1. The van der Waals surface area contributed by atoms with E-state index in [4.69, 9.17) is 14.1 Å². The predicted octanol–water partition coefficient (Wildman–Crippen LogP) is 3.70. The van der Waals surface area contributed by atoms with Gasteiger partial charge < -0.3 is 29.3 Å². The second-order valence-corrected chi connectivity index (χ2v) is 8.94. The Labute approximate surface area is 186 Å². The summed E-state index contributed by atoms with van der Waals surface area (Å²) in [5.74, 6) is 0.813. The van der Waals surface area contributed by atoms with Crippen molar-refractivity contribution in [2.24, 2.45) is 0 Å². The summed E-state index contributed by atoms with van der Waals surface area (Å²) in [5.41, 5.74) is 6.26. The lowest BCUT2D eigenvalue weighted by molar-refractivity contribution is 0.120. The summed E-state index contributed by atoms with van der Waals surface area (Å²) >= 11 is 0. The van der Waals surface area contributed by atoms with Crippen molar-refractivity contribution in [3.63, 3.8) is 0 Å². The zero-order valence-corrected chi connectivity index (χ0v) is 18.5. The maximum absolute atomic E-state index is 6.03. The fourth-order valence-corrected chi connectivity index (χ4v) is 4.81. The van der Waals surface area contributed by atoms with Gasteiger partial charge in [-0.3, -0.25) is 0 Å². The van der Waals surface area contributed by atoms with Crippen LogP contribution in [0.2, 0.25) is 0 Å². The summed E-state index contributed by atoms with van der Waals surface area (Å²) in [6.07, 6.45) is 3.33. The van der Waals surface area contributed by atoms with Gasteiger partial charge in [0.2, 0.25) is 0 Å². The molecular weight excluding hydrogens is 404 g/mol. The molecule has 8 nitrogen and oxygen atoms in total. The topological polar surface area (TPSA) is 82.5 Å². The molecule has 8 heteroatoms. The number of H-pyrrole nitrogens is 1. The number of anilines is 3. The second kappa shape index (κ2) is 7.79.